The monoisotopic (exact) mass is 332 g/mol. The summed E-state index contributed by atoms with van der Waals surface area (Å²) < 4.78 is 1.81. The highest BCUT2D eigenvalue weighted by molar-refractivity contribution is 5.79. The minimum Gasteiger partial charge on any atom is -0.334 e. The molecule has 1 aliphatic rings. The number of pyridine rings is 1. The van der Waals surface area contributed by atoms with Crippen molar-refractivity contribution in [3.63, 3.8) is 0 Å². The third kappa shape index (κ3) is 3.76. The van der Waals surface area contributed by atoms with Crippen LogP contribution in [-0.4, -0.2) is 31.6 Å². The SMILES string of the molecule is O=C(Cc1ccc(-n2cccn2)cc1)N(Cc1ccccn1)C1CC1. The molecule has 1 fully saturated rings. The van der Waals surface area contributed by atoms with Gasteiger partial charge in [-0.3, -0.25) is 9.78 Å². The van der Waals surface area contributed by atoms with Crippen LogP contribution in [0, 0.1) is 0 Å². The van der Waals surface area contributed by atoms with Crippen LogP contribution in [0.25, 0.3) is 5.69 Å². The number of benzene rings is 1. The number of amides is 1. The largest absolute Gasteiger partial charge is 0.334 e. The molecule has 0 N–H and O–H groups in total. The van der Waals surface area contributed by atoms with E-state index in [1.165, 1.54) is 0 Å². The summed E-state index contributed by atoms with van der Waals surface area (Å²) in [6.07, 6.45) is 8.04. The molecule has 5 nitrogen and oxygen atoms in total. The molecule has 0 radical (unpaired) electrons. The van der Waals surface area contributed by atoms with Crippen LogP contribution < -0.4 is 0 Å². The summed E-state index contributed by atoms with van der Waals surface area (Å²) in [5, 5.41) is 4.22. The van der Waals surface area contributed by atoms with E-state index in [0.717, 1.165) is 29.8 Å². The van der Waals surface area contributed by atoms with E-state index in [1.54, 1.807) is 12.4 Å². The van der Waals surface area contributed by atoms with E-state index in [2.05, 4.69) is 10.1 Å². The first-order chi connectivity index (χ1) is 12.3. The Balaban J connectivity index is 1.44. The summed E-state index contributed by atoms with van der Waals surface area (Å²) >= 11 is 0. The Morgan fingerprint density at radius 1 is 1.08 bits per heavy atom. The maximum atomic E-state index is 12.8. The van der Waals surface area contributed by atoms with Gasteiger partial charge in [-0.2, -0.15) is 5.10 Å². The van der Waals surface area contributed by atoms with Crippen LogP contribution in [0.2, 0.25) is 0 Å². The molecule has 126 valence electrons. The highest BCUT2D eigenvalue weighted by Gasteiger charge is 2.32. The summed E-state index contributed by atoms with van der Waals surface area (Å²) in [6.45, 7) is 0.593. The molecule has 0 aliphatic heterocycles. The van der Waals surface area contributed by atoms with Crippen LogP contribution in [0.4, 0.5) is 0 Å². The number of aromatic nitrogens is 3. The van der Waals surface area contributed by atoms with Crippen molar-refractivity contribution in [1.29, 1.82) is 0 Å². The second-order valence-corrected chi connectivity index (χ2v) is 6.37. The number of carbonyl (C=O) groups excluding carboxylic acids is 1. The molecule has 0 saturated heterocycles. The molecule has 1 amide bonds. The molecule has 25 heavy (non-hydrogen) atoms. The van der Waals surface area contributed by atoms with Gasteiger partial charge in [-0.25, -0.2) is 4.68 Å². The maximum absolute atomic E-state index is 12.8. The molecule has 5 heteroatoms. The number of nitrogens with zero attached hydrogens (tertiary/aromatic N) is 4. The van der Waals surface area contributed by atoms with Gasteiger partial charge in [0.25, 0.3) is 0 Å². The van der Waals surface area contributed by atoms with Crippen LogP contribution in [0.15, 0.2) is 67.1 Å². The van der Waals surface area contributed by atoms with Crippen molar-refractivity contribution in [2.75, 3.05) is 0 Å². The number of hydrogen-bond acceptors (Lipinski definition) is 3. The minimum atomic E-state index is 0.167. The molecule has 0 spiro atoms. The molecule has 1 aromatic carbocycles. The Hall–Kier alpha value is -2.95. The lowest BCUT2D eigenvalue weighted by Gasteiger charge is -2.22. The lowest BCUT2D eigenvalue weighted by Crippen LogP contribution is -2.34. The van der Waals surface area contributed by atoms with Crippen molar-refractivity contribution >= 4 is 5.91 Å². The van der Waals surface area contributed by atoms with Gasteiger partial charge in [0.15, 0.2) is 0 Å². The summed E-state index contributed by atoms with van der Waals surface area (Å²) in [6, 6.07) is 16.1. The van der Waals surface area contributed by atoms with E-state index in [4.69, 9.17) is 0 Å². The molecular formula is C20H20N4O. The van der Waals surface area contributed by atoms with Crippen LogP contribution >= 0.6 is 0 Å². The van der Waals surface area contributed by atoms with E-state index in [-0.39, 0.29) is 5.91 Å². The second kappa shape index (κ2) is 6.89. The Morgan fingerprint density at radius 3 is 2.56 bits per heavy atom. The van der Waals surface area contributed by atoms with Gasteiger partial charge in [0.05, 0.1) is 24.3 Å². The van der Waals surface area contributed by atoms with Gasteiger partial charge < -0.3 is 4.90 Å². The van der Waals surface area contributed by atoms with Crippen molar-refractivity contribution in [3.05, 3.63) is 78.4 Å². The zero-order valence-electron chi connectivity index (χ0n) is 14.0. The molecular weight excluding hydrogens is 312 g/mol. The van der Waals surface area contributed by atoms with Gasteiger partial charge in [-0.1, -0.05) is 18.2 Å². The first-order valence-corrected chi connectivity index (χ1v) is 8.58. The smallest absolute Gasteiger partial charge is 0.227 e. The highest BCUT2D eigenvalue weighted by atomic mass is 16.2. The normalized spacial score (nSPS) is 13.6. The molecule has 4 rings (SSSR count). The Labute approximate surface area is 146 Å². The lowest BCUT2D eigenvalue weighted by molar-refractivity contribution is -0.131. The fraction of sp³-hybridized carbons (Fsp3) is 0.250. The van der Waals surface area contributed by atoms with Crippen molar-refractivity contribution < 1.29 is 4.79 Å². The predicted molar refractivity (Wildman–Crippen MR) is 95.1 cm³/mol. The molecule has 3 aromatic rings. The fourth-order valence-corrected chi connectivity index (χ4v) is 2.94. The van der Waals surface area contributed by atoms with Gasteiger partial charge in [-0.15, -0.1) is 0 Å². The zero-order valence-corrected chi connectivity index (χ0v) is 14.0. The van der Waals surface area contributed by atoms with Crippen molar-refractivity contribution in [2.24, 2.45) is 0 Å². The fourth-order valence-electron chi connectivity index (χ4n) is 2.94. The summed E-state index contributed by atoms with van der Waals surface area (Å²) in [4.78, 5) is 19.1. The van der Waals surface area contributed by atoms with E-state index in [0.29, 0.717) is 19.0 Å². The third-order valence-electron chi connectivity index (χ3n) is 4.43. The topological polar surface area (TPSA) is 51.0 Å². The van der Waals surface area contributed by atoms with Crippen LogP contribution in [0.3, 0.4) is 0 Å². The molecule has 0 unspecified atom stereocenters. The maximum Gasteiger partial charge on any atom is 0.227 e. The zero-order chi connectivity index (χ0) is 17.1. The number of hydrogen-bond donors (Lipinski definition) is 0. The second-order valence-electron chi connectivity index (χ2n) is 6.37. The van der Waals surface area contributed by atoms with Crippen molar-refractivity contribution in [3.8, 4) is 5.69 Å². The summed E-state index contributed by atoms with van der Waals surface area (Å²) in [5.41, 5.74) is 2.96. The first-order valence-electron chi connectivity index (χ1n) is 8.58. The molecule has 0 bridgehead atoms. The first kappa shape index (κ1) is 15.6. The van der Waals surface area contributed by atoms with E-state index >= 15 is 0 Å². The van der Waals surface area contributed by atoms with Crippen LogP contribution in [0.1, 0.15) is 24.1 Å². The Kier molecular flexibility index (Phi) is 4.29. The molecule has 1 aliphatic carbocycles. The predicted octanol–water partition coefficient (Wildman–Crippen LogP) is 3.00. The summed E-state index contributed by atoms with van der Waals surface area (Å²) in [5.74, 6) is 0.167. The standard InChI is InChI=1S/C20H20N4O/c25-20(23(18-9-10-18)15-17-4-1-2-11-21-17)14-16-5-7-19(8-6-16)24-13-3-12-22-24/h1-8,11-13,18H,9-10,14-15H2. The minimum absolute atomic E-state index is 0.167. The quantitative estimate of drug-likeness (QED) is 0.697. The Morgan fingerprint density at radius 2 is 1.92 bits per heavy atom. The highest BCUT2D eigenvalue weighted by Crippen LogP contribution is 2.28. The average Bonchev–Trinajstić information content (AvgIpc) is 3.34. The van der Waals surface area contributed by atoms with Gasteiger partial charge in [-0.05, 0) is 48.7 Å². The van der Waals surface area contributed by atoms with E-state index < -0.39 is 0 Å². The molecule has 0 atom stereocenters. The van der Waals surface area contributed by atoms with Gasteiger partial charge in [0.1, 0.15) is 0 Å². The molecule has 1 saturated carbocycles. The number of rotatable bonds is 6. The van der Waals surface area contributed by atoms with Crippen LogP contribution in [0.5, 0.6) is 0 Å². The lowest BCUT2D eigenvalue weighted by atomic mass is 10.1. The van der Waals surface area contributed by atoms with Crippen LogP contribution in [-0.2, 0) is 17.8 Å². The van der Waals surface area contributed by atoms with Gasteiger partial charge >= 0.3 is 0 Å². The van der Waals surface area contributed by atoms with Crippen molar-refractivity contribution in [1.82, 2.24) is 19.7 Å². The molecule has 2 aromatic heterocycles. The van der Waals surface area contributed by atoms with E-state index in [9.17, 15) is 4.79 Å². The average molecular weight is 332 g/mol. The number of carbonyl (C=O) groups is 1. The third-order valence-corrected chi connectivity index (χ3v) is 4.43. The molecule has 2 heterocycles. The van der Waals surface area contributed by atoms with Gasteiger partial charge in [0.2, 0.25) is 5.91 Å². The van der Waals surface area contributed by atoms with Crippen molar-refractivity contribution in [2.45, 2.75) is 31.8 Å². The Bertz CT molecular complexity index is 824. The summed E-state index contributed by atoms with van der Waals surface area (Å²) in [7, 11) is 0. The van der Waals surface area contributed by atoms with Gasteiger partial charge in [0, 0.05) is 24.6 Å². The van der Waals surface area contributed by atoms with E-state index in [1.807, 2.05) is 64.3 Å².